The van der Waals surface area contributed by atoms with Crippen LogP contribution in [0.4, 0.5) is 4.79 Å². The number of thioether (sulfide) groups is 1. The fourth-order valence-electron chi connectivity index (χ4n) is 3.16. The van der Waals surface area contributed by atoms with Gasteiger partial charge in [0.25, 0.3) is 17.1 Å². The Morgan fingerprint density at radius 2 is 1.82 bits per heavy atom. The Morgan fingerprint density at radius 3 is 2.50 bits per heavy atom. The maximum Gasteiger partial charge on any atom is 0.293 e. The molecule has 172 valence electrons. The van der Waals surface area contributed by atoms with Crippen LogP contribution in [-0.4, -0.2) is 55.3 Å². The molecule has 3 aromatic rings. The summed E-state index contributed by atoms with van der Waals surface area (Å²) in [6.45, 7) is 1.78. The summed E-state index contributed by atoms with van der Waals surface area (Å²) in [5.74, 6) is -0.408. The number of hydrogen-bond acceptors (Lipinski definition) is 7. The summed E-state index contributed by atoms with van der Waals surface area (Å²) in [7, 11) is 0. The van der Waals surface area contributed by atoms with Gasteiger partial charge < -0.3 is 5.32 Å². The third kappa shape index (κ3) is 5.41. The minimum absolute atomic E-state index is 0.0293. The van der Waals surface area contributed by atoms with Crippen LogP contribution in [0.5, 0.6) is 0 Å². The summed E-state index contributed by atoms with van der Waals surface area (Å²) < 4.78 is 1.33. The predicted molar refractivity (Wildman–Crippen MR) is 130 cm³/mol. The van der Waals surface area contributed by atoms with Gasteiger partial charge in [-0.1, -0.05) is 54.1 Å². The molecule has 1 fully saturated rings. The Balaban J connectivity index is 1.43. The summed E-state index contributed by atoms with van der Waals surface area (Å²) in [6, 6.07) is 16.2. The van der Waals surface area contributed by atoms with Crippen LogP contribution in [0, 0.1) is 6.92 Å². The highest BCUT2D eigenvalue weighted by Gasteiger charge is 2.34. The number of aryl methyl sites for hydroxylation is 1. The van der Waals surface area contributed by atoms with Gasteiger partial charge in [-0.05, 0) is 64.5 Å². The van der Waals surface area contributed by atoms with Gasteiger partial charge >= 0.3 is 0 Å². The normalized spacial score (nSPS) is 15.3. The first-order valence-electron chi connectivity index (χ1n) is 10.2. The molecule has 0 spiro atoms. The maximum absolute atomic E-state index is 13.0. The first-order chi connectivity index (χ1) is 16.4. The van der Waals surface area contributed by atoms with Crippen molar-refractivity contribution in [3.63, 3.8) is 0 Å². The molecule has 0 bridgehead atoms. The van der Waals surface area contributed by atoms with E-state index in [1.807, 2.05) is 30.3 Å². The van der Waals surface area contributed by atoms with Crippen molar-refractivity contribution in [1.82, 2.24) is 30.4 Å². The molecule has 0 aliphatic carbocycles. The molecule has 1 N–H and O–H groups in total. The fourth-order valence-corrected chi connectivity index (χ4v) is 4.15. The molecule has 2 heterocycles. The predicted octanol–water partition coefficient (Wildman–Crippen LogP) is 3.49. The van der Waals surface area contributed by atoms with Crippen LogP contribution in [0.15, 0.2) is 59.5 Å². The topological polar surface area (TPSA) is 110 Å². The molecule has 9 nitrogen and oxygen atoms in total. The Kier molecular flexibility index (Phi) is 7.19. The molecular formula is C23H19ClN6O3S. The zero-order valence-corrected chi connectivity index (χ0v) is 19.6. The van der Waals surface area contributed by atoms with E-state index in [0.717, 1.165) is 27.8 Å². The Bertz CT molecular complexity index is 1290. The van der Waals surface area contributed by atoms with Gasteiger partial charge in [0.15, 0.2) is 5.82 Å². The van der Waals surface area contributed by atoms with Crippen LogP contribution in [0.2, 0.25) is 5.02 Å². The number of amides is 3. The van der Waals surface area contributed by atoms with Crippen molar-refractivity contribution in [3.8, 4) is 0 Å². The highest BCUT2D eigenvalue weighted by Crippen LogP contribution is 2.32. The number of benzene rings is 2. The standard InChI is InChI=1S/C23H19ClN6O3S/c1-15-26-27-28-30(15)19(13-16-5-3-2-4-6-16)21(31)25-11-12-29-22(32)20(34-23(29)33)14-17-7-9-18(24)10-8-17/h2-10,13-14H,11-12H2,1H3,(H,25,31)/b19-13-,20-14-. The first kappa shape index (κ1) is 23.4. The van der Waals surface area contributed by atoms with Gasteiger partial charge in [0, 0.05) is 18.1 Å². The fraction of sp³-hybridized carbons (Fsp3) is 0.130. The van der Waals surface area contributed by atoms with Gasteiger partial charge in [-0.3, -0.25) is 19.3 Å². The molecule has 1 aliphatic heterocycles. The van der Waals surface area contributed by atoms with Crippen molar-refractivity contribution in [3.05, 3.63) is 81.5 Å². The average molecular weight is 495 g/mol. The molecule has 0 radical (unpaired) electrons. The number of carbonyl (C=O) groups excluding carboxylic acids is 3. The number of halogens is 1. The highest BCUT2D eigenvalue weighted by molar-refractivity contribution is 8.18. The SMILES string of the molecule is Cc1nnnn1/C(=C\c1ccccc1)C(=O)NCCN1C(=O)S/C(=C\c2ccc(Cl)cc2)C1=O. The van der Waals surface area contributed by atoms with E-state index in [9.17, 15) is 14.4 Å². The minimum Gasteiger partial charge on any atom is -0.349 e. The second-order valence-corrected chi connectivity index (χ2v) is 8.65. The molecule has 3 amide bonds. The lowest BCUT2D eigenvalue weighted by atomic mass is 10.2. The highest BCUT2D eigenvalue weighted by atomic mass is 35.5. The van der Waals surface area contributed by atoms with Crippen molar-refractivity contribution in [2.45, 2.75) is 6.92 Å². The van der Waals surface area contributed by atoms with Crippen LogP contribution >= 0.6 is 23.4 Å². The van der Waals surface area contributed by atoms with E-state index in [1.54, 1.807) is 43.3 Å². The lowest BCUT2D eigenvalue weighted by molar-refractivity contribution is -0.123. The zero-order valence-electron chi connectivity index (χ0n) is 18.0. The van der Waals surface area contributed by atoms with E-state index in [0.29, 0.717) is 15.8 Å². The number of imide groups is 1. The van der Waals surface area contributed by atoms with Crippen LogP contribution < -0.4 is 5.32 Å². The molecule has 1 saturated heterocycles. The van der Waals surface area contributed by atoms with Gasteiger partial charge in [0.05, 0.1) is 4.91 Å². The van der Waals surface area contributed by atoms with Gasteiger partial charge in [-0.2, -0.15) is 4.68 Å². The molecule has 4 rings (SSSR count). The monoisotopic (exact) mass is 494 g/mol. The van der Waals surface area contributed by atoms with Crippen molar-refractivity contribution in [1.29, 1.82) is 0 Å². The summed E-state index contributed by atoms with van der Waals surface area (Å²) >= 11 is 6.75. The second-order valence-electron chi connectivity index (χ2n) is 7.22. The molecular weight excluding hydrogens is 476 g/mol. The lowest BCUT2D eigenvalue weighted by Gasteiger charge is -2.14. The Hall–Kier alpha value is -3.76. The van der Waals surface area contributed by atoms with Gasteiger partial charge in [-0.25, -0.2) is 0 Å². The first-order valence-corrected chi connectivity index (χ1v) is 11.4. The number of carbonyl (C=O) groups is 3. The van der Waals surface area contributed by atoms with E-state index < -0.39 is 17.1 Å². The molecule has 0 saturated carbocycles. The minimum atomic E-state index is -0.442. The van der Waals surface area contributed by atoms with Gasteiger partial charge in [0.2, 0.25) is 0 Å². The van der Waals surface area contributed by atoms with Crippen molar-refractivity contribution < 1.29 is 14.4 Å². The number of aromatic nitrogens is 4. The molecule has 34 heavy (non-hydrogen) atoms. The molecule has 1 aliphatic rings. The molecule has 0 unspecified atom stereocenters. The summed E-state index contributed by atoms with van der Waals surface area (Å²) in [5.41, 5.74) is 1.77. The van der Waals surface area contributed by atoms with E-state index in [-0.39, 0.29) is 18.8 Å². The smallest absolute Gasteiger partial charge is 0.293 e. The Labute approximate surface area is 204 Å². The van der Waals surface area contributed by atoms with Crippen LogP contribution in [0.3, 0.4) is 0 Å². The van der Waals surface area contributed by atoms with E-state index in [2.05, 4.69) is 20.8 Å². The van der Waals surface area contributed by atoms with E-state index in [1.165, 1.54) is 4.68 Å². The number of rotatable bonds is 7. The van der Waals surface area contributed by atoms with Crippen molar-refractivity contribution in [2.75, 3.05) is 13.1 Å². The van der Waals surface area contributed by atoms with E-state index in [4.69, 9.17) is 11.6 Å². The number of nitrogens with one attached hydrogen (secondary N) is 1. The molecule has 0 atom stereocenters. The third-order valence-electron chi connectivity index (χ3n) is 4.85. The quantitative estimate of drug-likeness (QED) is 0.500. The number of tetrazole rings is 1. The van der Waals surface area contributed by atoms with Crippen molar-refractivity contribution >= 4 is 58.3 Å². The van der Waals surface area contributed by atoms with Crippen LogP contribution in [0.1, 0.15) is 17.0 Å². The average Bonchev–Trinajstić information content (AvgIpc) is 3.37. The number of hydrogen-bond donors (Lipinski definition) is 1. The zero-order chi connectivity index (χ0) is 24.1. The van der Waals surface area contributed by atoms with Gasteiger partial charge in [-0.15, -0.1) is 5.10 Å². The van der Waals surface area contributed by atoms with E-state index >= 15 is 0 Å². The number of nitrogens with zero attached hydrogens (tertiary/aromatic N) is 5. The molecule has 2 aromatic carbocycles. The van der Waals surface area contributed by atoms with Crippen LogP contribution in [-0.2, 0) is 9.59 Å². The van der Waals surface area contributed by atoms with Gasteiger partial charge in [0.1, 0.15) is 5.70 Å². The third-order valence-corrected chi connectivity index (χ3v) is 6.01. The summed E-state index contributed by atoms with van der Waals surface area (Å²) in [5, 5.41) is 14.3. The summed E-state index contributed by atoms with van der Waals surface area (Å²) in [6.07, 6.45) is 3.30. The lowest BCUT2D eigenvalue weighted by Crippen LogP contribution is -2.38. The second kappa shape index (κ2) is 10.4. The summed E-state index contributed by atoms with van der Waals surface area (Å²) in [4.78, 5) is 39.5. The Morgan fingerprint density at radius 1 is 1.09 bits per heavy atom. The largest absolute Gasteiger partial charge is 0.349 e. The maximum atomic E-state index is 13.0. The van der Waals surface area contributed by atoms with Crippen molar-refractivity contribution in [2.24, 2.45) is 0 Å². The molecule has 11 heteroatoms. The molecule has 1 aromatic heterocycles. The van der Waals surface area contributed by atoms with Crippen LogP contribution in [0.25, 0.3) is 17.8 Å².